The van der Waals surface area contributed by atoms with Gasteiger partial charge in [-0.2, -0.15) is 5.10 Å². The van der Waals surface area contributed by atoms with Crippen LogP contribution in [0.25, 0.3) is 0 Å². The van der Waals surface area contributed by atoms with E-state index in [-0.39, 0.29) is 11.3 Å². The lowest BCUT2D eigenvalue weighted by molar-refractivity contribution is 0.0952. The predicted molar refractivity (Wildman–Crippen MR) is 64.0 cm³/mol. The SMILES string of the molecule is CCC/C=N/NC(=O)c1ccc(Cl)cc1O. The minimum absolute atomic E-state index is 0.151. The molecule has 0 saturated carbocycles. The van der Waals surface area contributed by atoms with Gasteiger partial charge in [-0.1, -0.05) is 24.9 Å². The summed E-state index contributed by atoms with van der Waals surface area (Å²) in [6.07, 6.45) is 3.38. The second kappa shape index (κ2) is 6.12. The van der Waals surface area contributed by atoms with Gasteiger partial charge in [0.1, 0.15) is 5.75 Å². The normalized spacial score (nSPS) is 10.6. The van der Waals surface area contributed by atoms with Crippen molar-refractivity contribution in [1.29, 1.82) is 0 Å². The minimum Gasteiger partial charge on any atom is -0.507 e. The molecule has 0 saturated heterocycles. The minimum atomic E-state index is -0.457. The lowest BCUT2D eigenvalue weighted by atomic mass is 10.2. The summed E-state index contributed by atoms with van der Waals surface area (Å²) in [5.41, 5.74) is 2.47. The van der Waals surface area contributed by atoms with E-state index in [4.69, 9.17) is 11.6 Å². The van der Waals surface area contributed by atoms with E-state index in [1.54, 1.807) is 6.21 Å². The summed E-state index contributed by atoms with van der Waals surface area (Å²) < 4.78 is 0. The molecule has 1 amide bonds. The maximum Gasteiger partial charge on any atom is 0.275 e. The van der Waals surface area contributed by atoms with Crippen molar-refractivity contribution in [2.45, 2.75) is 19.8 Å². The van der Waals surface area contributed by atoms with Gasteiger partial charge in [-0.15, -0.1) is 0 Å². The third-order valence-corrected chi connectivity index (χ3v) is 2.11. The zero-order valence-corrected chi connectivity index (χ0v) is 9.66. The van der Waals surface area contributed by atoms with Gasteiger partial charge in [-0.3, -0.25) is 4.79 Å². The van der Waals surface area contributed by atoms with Gasteiger partial charge in [0.15, 0.2) is 0 Å². The quantitative estimate of drug-likeness (QED) is 0.628. The zero-order valence-electron chi connectivity index (χ0n) is 8.90. The van der Waals surface area contributed by atoms with Crippen molar-refractivity contribution in [3.63, 3.8) is 0 Å². The second-order valence-corrected chi connectivity index (χ2v) is 3.64. The number of aromatic hydroxyl groups is 1. The third-order valence-electron chi connectivity index (χ3n) is 1.88. The molecule has 0 aromatic heterocycles. The monoisotopic (exact) mass is 240 g/mol. The lowest BCUT2D eigenvalue weighted by Gasteiger charge is -2.02. The molecule has 0 aliphatic carbocycles. The van der Waals surface area contributed by atoms with Gasteiger partial charge < -0.3 is 5.11 Å². The Labute approximate surface area is 98.9 Å². The molecular formula is C11H13ClN2O2. The van der Waals surface area contributed by atoms with Crippen molar-refractivity contribution in [3.8, 4) is 5.75 Å². The first kappa shape index (κ1) is 12.5. The van der Waals surface area contributed by atoms with Crippen LogP contribution >= 0.6 is 11.6 Å². The highest BCUT2D eigenvalue weighted by atomic mass is 35.5. The lowest BCUT2D eigenvalue weighted by Crippen LogP contribution is -2.17. The first-order valence-electron chi connectivity index (χ1n) is 4.95. The highest BCUT2D eigenvalue weighted by Crippen LogP contribution is 2.21. The van der Waals surface area contributed by atoms with Gasteiger partial charge in [0, 0.05) is 11.2 Å². The van der Waals surface area contributed by atoms with Crippen LogP contribution in [0.1, 0.15) is 30.1 Å². The van der Waals surface area contributed by atoms with Gasteiger partial charge in [0.25, 0.3) is 5.91 Å². The van der Waals surface area contributed by atoms with Crippen molar-refractivity contribution < 1.29 is 9.90 Å². The summed E-state index contributed by atoms with van der Waals surface area (Å²) in [4.78, 5) is 11.5. The molecule has 16 heavy (non-hydrogen) atoms. The van der Waals surface area contributed by atoms with E-state index in [0.29, 0.717) is 5.02 Å². The number of phenols is 1. The fourth-order valence-corrected chi connectivity index (χ4v) is 1.22. The largest absolute Gasteiger partial charge is 0.507 e. The second-order valence-electron chi connectivity index (χ2n) is 3.20. The van der Waals surface area contributed by atoms with Crippen molar-refractivity contribution in [1.82, 2.24) is 5.43 Å². The summed E-state index contributed by atoms with van der Waals surface area (Å²) in [6.45, 7) is 2.01. The number of hydrogen-bond acceptors (Lipinski definition) is 3. The molecule has 86 valence electrons. The van der Waals surface area contributed by atoms with Crippen molar-refractivity contribution in [3.05, 3.63) is 28.8 Å². The van der Waals surface area contributed by atoms with E-state index in [2.05, 4.69) is 10.5 Å². The average molecular weight is 241 g/mol. The Hall–Kier alpha value is -1.55. The molecule has 1 aromatic rings. The van der Waals surface area contributed by atoms with Crippen LogP contribution in [0.2, 0.25) is 5.02 Å². The fourth-order valence-electron chi connectivity index (χ4n) is 1.05. The smallest absolute Gasteiger partial charge is 0.275 e. The number of rotatable bonds is 4. The van der Waals surface area contributed by atoms with Gasteiger partial charge in [-0.25, -0.2) is 5.43 Å². The van der Waals surface area contributed by atoms with E-state index >= 15 is 0 Å². The number of nitrogens with one attached hydrogen (secondary N) is 1. The molecule has 0 spiro atoms. The molecule has 1 rings (SSSR count). The van der Waals surface area contributed by atoms with Crippen molar-refractivity contribution >= 4 is 23.7 Å². The molecule has 0 fully saturated rings. The Morgan fingerprint density at radius 1 is 1.62 bits per heavy atom. The number of halogens is 1. The van der Waals surface area contributed by atoms with E-state index in [9.17, 15) is 9.90 Å². The highest BCUT2D eigenvalue weighted by molar-refractivity contribution is 6.30. The number of unbranched alkanes of at least 4 members (excludes halogenated alkanes) is 1. The molecule has 0 aliphatic heterocycles. The molecule has 1 aromatic carbocycles. The van der Waals surface area contributed by atoms with Crippen molar-refractivity contribution in [2.24, 2.45) is 5.10 Å². The highest BCUT2D eigenvalue weighted by Gasteiger charge is 2.09. The van der Waals surface area contributed by atoms with Crippen molar-refractivity contribution in [2.75, 3.05) is 0 Å². The zero-order chi connectivity index (χ0) is 12.0. The molecule has 0 unspecified atom stereocenters. The van der Waals surface area contributed by atoms with Crippen LogP contribution in [-0.4, -0.2) is 17.2 Å². The van der Waals surface area contributed by atoms with Crippen LogP contribution in [0, 0.1) is 0 Å². The molecule has 0 bridgehead atoms. The first-order chi connectivity index (χ1) is 7.65. The van der Waals surface area contributed by atoms with Gasteiger partial charge in [0.2, 0.25) is 0 Å². The van der Waals surface area contributed by atoms with Crippen LogP contribution in [0.5, 0.6) is 5.75 Å². The summed E-state index contributed by atoms with van der Waals surface area (Å²) in [5.74, 6) is -0.614. The predicted octanol–water partition coefficient (Wildman–Crippen LogP) is 2.56. The molecule has 0 heterocycles. The van der Waals surface area contributed by atoms with Crippen LogP contribution in [-0.2, 0) is 0 Å². The van der Waals surface area contributed by atoms with Crippen LogP contribution in [0.4, 0.5) is 0 Å². The van der Waals surface area contributed by atoms with E-state index in [1.165, 1.54) is 18.2 Å². The van der Waals surface area contributed by atoms with E-state index in [1.807, 2.05) is 6.92 Å². The third kappa shape index (κ3) is 3.55. The Balaban J connectivity index is 2.66. The number of benzene rings is 1. The summed E-state index contributed by atoms with van der Waals surface area (Å²) in [7, 11) is 0. The topological polar surface area (TPSA) is 61.7 Å². The number of hydrogen-bond donors (Lipinski definition) is 2. The maximum absolute atomic E-state index is 11.5. The number of nitrogens with zero attached hydrogens (tertiary/aromatic N) is 1. The molecule has 0 atom stereocenters. The van der Waals surface area contributed by atoms with E-state index < -0.39 is 5.91 Å². The number of amides is 1. The van der Waals surface area contributed by atoms with E-state index in [0.717, 1.165) is 12.8 Å². The fraction of sp³-hybridized carbons (Fsp3) is 0.273. The Bertz CT molecular complexity index is 405. The molecule has 4 nitrogen and oxygen atoms in total. The summed E-state index contributed by atoms with van der Waals surface area (Å²) in [6, 6.07) is 4.29. The first-order valence-corrected chi connectivity index (χ1v) is 5.33. The van der Waals surface area contributed by atoms with Gasteiger partial charge in [0.05, 0.1) is 5.56 Å². The molecular weight excluding hydrogens is 228 g/mol. The maximum atomic E-state index is 11.5. The molecule has 2 N–H and O–H groups in total. The Morgan fingerprint density at radius 2 is 2.38 bits per heavy atom. The number of carbonyl (C=O) groups is 1. The molecule has 5 heteroatoms. The average Bonchev–Trinajstić information content (AvgIpc) is 2.24. The number of carbonyl (C=O) groups excluding carboxylic acids is 1. The standard InChI is InChI=1S/C11H13ClN2O2/c1-2-3-6-13-14-11(16)9-5-4-8(12)7-10(9)15/h4-7,15H,2-3H2,1H3,(H,14,16)/b13-6+. The summed E-state index contributed by atoms with van der Waals surface area (Å²) in [5, 5.41) is 13.6. The number of phenolic OH excluding ortho intramolecular Hbond substituents is 1. The molecule has 0 aliphatic rings. The Morgan fingerprint density at radius 3 is 3.00 bits per heavy atom. The van der Waals surface area contributed by atoms with Gasteiger partial charge >= 0.3 is 0 Å². The van der Waals surface area contributed by atoms with Gasteiger partial charge in [-0.05, 0) is 24.6 Å². The summed E-state index contributed by atoms with van der Waals surface area (Å²) >= 11 is 5.65. The Kier molecular flexibility index (Phi) is 4.79. The number of hydrazone groups is 1. The van der Waals surface area contributed by atoms with Crippen LogP contribution in [0.15, 0.2) is 23.3 Å². The van der Waals surface area contributed by atoms with Crippen LogP contribution < -0.4 is 5.43 Å². The molecule has 0 radical (unpaired) electrons. The van der Waals surface area contributed by atoms with Crippen LogP contribution in [0.3, 0.4) is 0 Å².